The van der Waals surface area contributed by atoms with Crippen molar-refractivity contribution in [2.75, 3.05) is 5.73 Å². The summed E-state index contributed by atoms with van der Waals surface area (Å²) in [4.78, 5) is 22.6. The van der Waals surface area contributed by atoms with Crippen molar-refractivity contribution < 1.29 is 4.40 Å². The van der Waals surface area contributed by atoms with Gasteiger partial charge < -0.3 is 5.73 Å². The summed E-state index contributed by atoms with van der Waals surface area (Å²) in [5.41, 5.74) is 14.0. The van der Waals surface area contributed by atoms with Gasteiger partial charge in [-0.2, -0.15) is 4.68 Å². The number of nitrogens with zero attached hydrogens (tertiary/aromatic N) is 4. The highest BCUT2D eigenvalue weighted by atomic mass is 16.2. The lowest BCUT2D eigenvalue weighted by atomic mass is 9.99. The Bertz CT molecular complexity index is 1530. The van der Waals surface area contributed by atoms with Crippen LogP contribution in [0.15, 0.2) is 71.5 Å². The van der Waals surface area contributed by atoms with E-state index in [9.17, 15) is 4.79 Å². The Morgan fingerprint density at radius 3 is 2.27 bits per heavy atom. The van der Waals surface area contributed by atoms with Gasteiger partial charge in [0.25, 0.3) is 0 Å². The van der Waals surface area contributed by atoms with Crippen LogP contribution in [-0.2, 0) is 6.54 Å². The normalized spacial score (nSPS) is 11.2. The van der Waals surface area contributed by atoms with E-state index in [1.54, 1.807) is 4.68 Å². The van der Waals surface area contributed by atoms with Gasteiger partial charge in [-0.3, -0.25) is 4.98 Å². The first-order valence-corrected chi connectivity index (χ1v) is 10.8. The third kappa shape index (κ3) is 3.67. The molecule has 0 amide bonds. The number of aryl methyl sites for hydroxylation is 3. The minimum absolute atomic E-state index is 0.139. The van der Waals surface area contributed by atoms with E-state index in [0.29, 0.717) is 17.9 Å². The summed E-state index contributed by atoms with van der Waals surface area (Å²) in [6.45, 7) is 6.36. The maximum Gasteiger partial charge on any atom is 0.428 e. The van der Waals surface area contributed by atoms with Gasteiger partial charge in [0.1, 0.15) is 12.2 Å². The molecule has 0 fully saturated rings. The van der Waals surface area contributed by atoms with E-state index in [1.807, 2.05) is 87.5 Å². The van der Waals surface area contributed by atoms with Gasteiger partial charge in [-0.15, -0.1) is 9.38 Å². The Morgan fingerprint density at radius 1 is 0.909 bits per heavy atom. The zero-order valence-electron chi connectivity index (χ0n) is 18.8. The van der Waals surface area contributed by atoms with E-state index in [1.165, 1.54) is 4.40 Å². The molecule has 0 atom stereocenters. The molecule has 5 aromatic rings. The van der Waals surface area contributed by atoms with Crippen LogP contribution in [0.4, 0.5) is 5.95 Å². The van der Waals surface area contributed by atoms with Gasteiger partial charge >= 0.3 is 11.6 Å². The van der Waals surface area contributed by atoms with Gasteiger partial charge in [0, 0.05) is 17.0 Å². The van der Waals surface area contributed by atoms with Crippen LogP contribution in [0.1, 0.15) is 22.5 Å². The minimum Gasteiger partial charge on any atom is -0.319 e. The van der Waals surface area contributed by atoms with E-state index in [2.05, 4.69) is 10.1 Å². The number of nitrogens with two attached hydrogens (primary N) is 1. The molecule has 0 saturated heterocycles. The number of nitrogens with one attached hydrogen (secondary N) is 1. The van der Waals surface area contributed by atoms with Crippen molar-refractivity contribution in [3.8, 4) is 22.4 Å². The third-order valence-corrected chi connectivity index (χ3v) is 5.82. The van der Waals surface area contributed by atoms with E-state index in [4.69, 9.17) is 10.7 Å². The standard InChI is InChI=1S/C26H24N6O/c1-16-9-7-8-12-20(16)15-31-26(33)32-24(30-31)22(21-13-17(2)28-18(3)14-21)23(29-25(32)27)19-10-5-4-6-11-19/h4-14H,15H2,1-3H3,(H2,27,28,29,30)/p+1. The van der Waals surface area contributed by atoms with Crippen LogP contribution in [0.5, 0.6) is 0 Å². The van der Waals surface area contributed by atoms with Crippen molar-refractivity contribution in [1.29, 1.82) is 0 Å². The second kappa shape index (κ2) is 8.02. The number of nitrogen functional groups attached to an aromatic ring is 1. The molecule has 0 aliphatic rings. The molecule has 164 valence electrons. The number of fused-ring (bicyclic) bond motifs is 1. The Balaban J connectivity index is 1.83. The summed E-state index contributed by atoms with van der Waals surface area (Å²) in [5.74, 6) is 0.139. The summed E-state index contributed by atoms with van der Waals surface area (Å²) in [7, 11) is 0. The van der Waals surface area contributed by atoms with Crippen LogP contribution < -0.4 is 15.8 Å². The van der Waals surface area contributed by atoms with Gasteiger partial charge in [-0.1, -0.05) is 54.6 Å². The van der Waals surface area contributed by atoms with Crippen LogP contribution in [0.25, 0.3) is 28.0 Å². The first-order chi connectivity index (χ1) is 15.9. The number of H-pyrrole nitrogens is 1. The largest absolute Gasteiger partial charge is 0.428 e. The van der Waals surface area contributed by atoms with Gasteiger partial charge in [0.2, 0.25) is 5.65 Å². The summed E-state index contributed by atoms with van der Waals surface area (Å²) >= 11 is 0. The second-order valence-electron chi connectivity index (χ2n) is 8.29. The Hall–Kier alpha value is -4.26. The highest BCUT2D eigenvalue weighted by Crippen LogP contribution is 2.33. The molecule has 0 spiro atoms. The van der Waals surface area contributed by atoms with E-state index in [0.717, 1.165) is 39.2 Å². The molecular weight excluding hydrogens is 412 g/mol. The topological polar surface area (TPSA) is 93.7 Å². The highest BCUT2D eigenvalue weighted by Gasteiger charge is 2.26. The lowest BCUT2D eigenvalue weighted by molar-refractivity contribution is -0.516. The second-order valence-corrected chi connectivity index (χ2v) is 8.29. The number of anilines is 1. The fraction of sp³-hybridized carbons (Fsp3) is 0.154. The molecule has 5 rings (SSSR count). The quantitative estimate of drug-likeness (QED) is 0.420. The molecule has 7 heteroatoms. The Morgan fingerprint density at radius 2 is 1.58 bits per heavy atom. The summed E-state index contributed by atoms with van der Waals surface area (Å²) in [6.07, 6.45) is 0. The Kier molecular flexibility index (Phi) is 5.01. The molecule has 0 aliphatic heterocycles. The van der Waals surface area contributed by atoms with Gasteiger partial charge in [-0.05, 0) is 49.6 Å². The maximum absolute atomic E-state index is 13.4. The van der Waals surface area contributed by atoms with E-state index >= 15 is 0 Å². The average molecular weight is 438 g/mol. The number of hydrogen-bond donors (Lipinski definition) is 2. The number of rotatable bonds is 4. The average Bonchev–Trinajstić information content (AvgIpc) is 3.11. The molecule has 3 aromatic heterocycles. The zero-order valence-corrected chi connectivity index (χ0v) is 18.8. The predicted molar refractivity (Wildman–Crippen MR) is 129 cm³/mol. The molecule has 0 bridgehead atoms. The Labute approximate surface area is 191 Å². The van der Waals surface area contributed by atoms with Crippen LogP contribution in [-0.4, -0.2) is 19.7 Å². The van der Waals surface area contributed by atoms with Gasteiger partial charge in [0.05, 0.1) is 5.56 Å². The van der Waals surface area contributed by atoms with Crippen LogP contribution in [0.3, 0.4) is 0 Å². The smallest absolute Gasteiger partial charge is 0.319 e. The first kappa shape index (κ1) is 20.6. The highest BCUT2D eigenvalue weighted by molar-refractivity contribution is 5.88. The minimum atomic E-state index is -0.262. The molecule has 0 aliphatic carbocycles. The van der Waals surface area contributed by atoms with E-state index < -0.39 is 0 Å². The number of benzene rings is 2. The van der Waals surface area contributed by atoms with Gasteiger partial charge in [-0.25, -0.2) is 9.89 Å². The third-order valence-electron chi connectivity index (χ3n) is 5.82. The zero-order chi connectivity index (χ0) is 23.1. The molecule has 33 heavy (non-hydrogen) atoms. The van der Waals surface area contributed by atoms with Crippen molar-refractivity contribution in [2.24, 2.45) is 0 Å². The van der Waals surface area contributed by atoms with Crippen molar-refractivity contribution in [2.45, 2.75) is 27.3 Å². The van der Waals surface area contributed by atoms with Crippen molar-refractivity contribution in [1.82, 2.24) is 19.7 Å². The lowest BCUT2D eigenvalue weighted by Gasteiger charge is -2.10. The van der Waals surface area contributed by atoms with Crippen molar-refractivity contribution in [3.05, 3.63) is 99.7 Å². The molecule has 3 heterocycles. The van der Waals surface area contributed by atoms with Crippen molar-refractivity contribution in [3.63, 3.8) is 0 Å². The molecule has 7 nitrogen and oxygen atoms in total. The predicted octanol–water partition coefficient (Wildman–Crippen LogP) is 3.59. The molecule has 2 aromatic carbocycles. The van der Waals surface area contributed by atoms with E-state index in [-0.39, 0.29) is 11.6 Å². The summed E-state index contributed by atoms with van der Waals surface area (Å²) in [5, 5.41) is 3.32. The number of hydrogen-bond acceptors (Lipinski definition) is 4. The molecule has 0 radical (unpaired) electrons. The van der Waals surface area contributed by atoms with Crippen LogP contribution >= 0.6 is 0 Å². The maximum atomic E-state index is 13.4. The lowest BCUT2D eigenvalue weighted by Crippen LogP contribution is -2.44. The summed E-state index contributed by atoms with van der Waals surface area (Å²) in [6, 6.07) is 21.9. The van der Waals surface area contributed by atoms with Crippen LogP contribution in [0, 0.1) is 20.8 Å². The SMILES string of the molecule is Cc1cc(-c2c(-c3ccccc3)nc(N)[n+]3c(=O)n(Cc4ccccc4C)[nH]c23)cc(C)n1. The molecule has 3 N–H and O–H groups in total. The molecular formula is C26H25N6O+. The van der Waals surface area contributed by atoms with Crippen LogP contribution in [0.2, 0.25) is 0 Å². The first-order valence-electron chi connectivity index (χ1n) is 10.8. The van der Waals surface area contributed by atoms with Crippen molar-refractivity contribution >= 4 is 11.6 Å². The van der Waals surface area contributed by atoms with Gasteiger partial charge in [0.15, 0.2) is 0 Å². The number of aromatic amines is 1. The molecule has 0 unspecified atom stereocenters. The monoisotopic (exact) mass is 437 g/mol. The number of aromatic nitrogens is 5. The number of pyridine rings is 1. The molecule has 0 saturated carbocycles. The fourth-order valence-corrected chi connectivity index (χ4v) is 4.28. The summed E-state index contributed by atoms with van der Waals surface area (Å²) < 4.78 is 3.03. The fourth-order valence-electron chi connectivity index (χ4n) is 4.28.